The Hall–Kier alpha value is -3.35. The number of carbonyl (C=O) groups is 2. The third kappa shape index (κ3) is 6.81. The van der Waals surface area contributed by atoms with Gasteiger partial charge in [0.2, 0.25) is 0 Å². The number of hydrogen-bond donors (Lipinski definition) is 0. The normalized spacial score (nSPS) is 21.9. The molecule has 0 saturated heterocycles. The van der Waals surface area contributed by atoms with Gasteiger partial charge in [0.05, 0.1) is 32.4 Å². The lowest BCUT2D eigenvalue weighted by atomic mass is 9.54. The van der Waals surface area contributed by atoms with E-state index in [2.05, 4.69) is 12.0 Å². The van der Waals surface area contributed by atoms with Crippen LogP contribution >= 0.6 is 0 Å². The second-order valence-electron chi connectivity index (χ2n) is 11.3. The van der Waals surface area contributed by atoms with Gasteiger partial charge >= 0.3 is 5.97 Å². The maximum absolute atomic E-state index is 12.0. The zero-order chi connectivity index (χ0) is 28.8. The van der Waals surface area contributed by atoms with Gasteiger partial charge in [-0.1, -0.05) is 25.5 Å². The third-order valence-corrected chi connectivity index (χ3v) is 8.22. The molecule has 5 rings (SSSR count). The number of aryl methyl sites for hydroxylation is 1. The molecule has 0 unspecified atom stereocenters. The van der Waals surface area contributed by atoms with E-state index in [9.17, 15) is 9.59 Å². The second kappa shape index (κ2) is 12.7. The van der Waals surface area contributed by atoms with Crippen molar-refractivity contribution >= 4 is 17.4 Å². The molecule has 1 aromatic heterocycles. The molecule has 2 aromatic rings. The molecule has 0 N–H and O–H groups in total. The van der Waals surface area contributed by atoms with Crippen molar-refractivity contribution in [2.75, 3.05) is 21.3 Å². The Kier molecular flexibility index (Phi) is 9.81. The lowest BCUT2D eigenvalue weighted by molar-refractivity contribution is -0.162. The maximum atomic E-state index is 12.0. The van der Waals surface area contributed by atoms with Gasteiger partial charge in [0.15, 0.2) is 17.3 Å². The van der Waals surface area contributed by atoms with E-state index in [0.29, 0.717) is 29.0 Å². The van der Waals surface area contributed by atoms with E-state index in [4.69, 9.17) is 14.2 Å². The number of hydrogen-bond acceptors (Lipinski definition) is 6. The molecule has 3 saturated carbocycles. The van der Waals surface area contributed by atoms with Crippen LogP contribution in [0.15, 0.2) is 42.0 Å². The molecule has 212 valence electrons. The zero-order valence-corrected chi connectivity index (χ0v) is 24.8. The Morgan fingerprint density at radius 3 is 2.08 bits per heavy atom. The highest BCUT2D eigenvalue weighted by molar-refractivity contribution is 5.94. The molecule has 0 amide bonds. The molecule has 7 heteroatoms. The average Bonchev–Trinajstić information content (AvgIpc) is 3.34. The monoisotopic (exact) mass is 536 g/mol. The first-order valence-corrected chi connectivity index (χ1v) is 13.8. The van der Waals surface area contributed by atoms with Crippen LogP contribution in [0.3, 0.4) is 0 Å². The standard InChI is InChI=1S/C21H26N2O3.C11H18O2/c1-7-19(24)17-12-15(4)23(22-17)18(10-8-14(2)3)16-9-11-20(25-5)21(13-16)26-6;1-10-3-6-11(7-4-10,8-5-10)9(12)13-2/h8-13H,7H2,1-6H3;3-8H2,1-2H3/b18-10-;. The van der Waals surface area contributed by atoms with E-state index in [1.807, 2.05) is 64.1 Å². The van der Waals surface area contributed by atoms with Crippen molar-refractivity contribution < 1.29 is 23.8 Å². The van der Waals surface area contributed by atoms with E-state index in [1.165, 1.54) is 26.4 Å². The number of Topliss-reactive ketones (excluding diaryl/α,β-unsaturated/α-hetero) is 1. The fraction of sp³-hybridized carbons (Fsp3) is 0.531. The van der Waals surface area contributed by atoms with Crippen LogP contribution in [0, 0.1) is 17.8 Å². The summed E-state index contributed by atoms with van der Waals surface area (Å²) in [5, 5.41) is 4.53. The van der Waals surface area contributed by atoms with Crippen molar-refractivity contribution in [2.24, 2.45) is 10.8 Å². The molecular weight excluding hydrogens is 492 g/mol. The summed E-state index contributed by atoms with van der Waals surface area (Å²) < 4.78 is 17.5. The number of rotatable bonds is 8. The molecule has 0 aliphatic heterocycles. The summed E-state index contributed by atoms with van der Waals surface area (Å²) in [5.41, 5.74) is 4.76. The molecule has 39 heavy (non-hydrogen) atoms. The van der Waals surface area contributed by atoms with Crippen molar-refractivity contribution in [3.05, 3.63) is 58.9 Å². The van der Waals surface area contributed by atoms with Gasteiger partial charge in [0.25, 0.3) is 0 Å². The van der Waals surface area contributed by atoms with E-state index in [1.54, 1.807) is 18.9 Å². The van der Waals surface area contributed by atoms with Crippen molar-refractivity contribution in [1.29, 1.82) is 0 Å². The van der Waals surface area contributed by atoms with Crippen molar-refractivity contribution in [2.45, 2.75) is 79.6 Å². The van der Waals surface area contributed by atoms with Gasteiger partial charge in [-0.2, -0.15) is 5.10 Å². The van der Waals surface area contributed by atoms with Crippen molar-refractivity contribution in [3.63, 3.8) is 0 Å². The van der Waals surface area contributed by atoms with Gasteiger partial charge in [-0.3, -0.25) is 9.59 Å². The number of nitrogens with zero attached hydrogens (tertiary/aromatic N) is 2. The second-order valence-corrected chi connectivity index (χ2v) is 11.3. The number of ether oxygens (including phenoxy) is 3. The molecule has 3 fully saturated rings. The van der Waals surface area contributed by atoms with Gasteiger partial charge < -0.3 is 14.2 Å². The summed E-state index contributed by atoms with van der Waals surface area (Å²) in [4.78, 5) is 23.7. The molecule has 2 bridgehead atoms. The number of carbonyl (C=O) groups excluding carboxylic acids is 2. The smallest absolute Gasteiger partial charge is 0.311 e. The van der Waals surface area contributed by atoms with Gasteiger partial charge in [-0.05, 0) is 95.1 Å². The third-order valence-electron chi connectivity index (χ3n) is 8.22. The summed E-state index contributed by atoms with van der Waals surface area (Å²) in [7, 11) is 4.73. The van der Waals surface area contributed by atoms with E-state index >= 15 is 0 Å². The lowest BCUT2D eigenvalue weighted by Crippen LogP contribution is -2.45. The number of ketones is 1. The topological polar surface area (TPSA) is 79.7 Å². The fourth-order valence-corrected chi connectivity index (χ4v) is 5.46. The first-order valence-electron chi connectivity index (χ1n) is 13.8. The Morgan fingerprint density at radius 1 is 0.949 bits per heavy atom. The van der Waals surface area contributed by atoms with Crippen LogP contribution < -0.4 is 9.47 Å². The summed E-state index contributed by atoms with van der Waals surface area (Å²) in [5.74, 6) is 1.37. The maximum Gasteiger partial charge on any atom is 0.311 e. The minimum atomic E-state index is -0.0908. The highest BCUT2D eigenvalue weighted by Gasteiger charge is 2.51. The van der Waals surface area contributed by atoms with Crippen LogP contribution in [0.25, 0.3) is 5.70 Å². The minimum Gasteiger partial charge on any atom is -0.493 e. The summed E-state index contributed by atoms with van der Waals surface area (Å²) in [6.07, 6.45) is 11.2. The number of fused-ring (bicyclic) bond motifs is 3. The van der Waals surface area contributed by atoms with Crippen LogP contribution in [0.2, 0.25) is 0 Å². The highest BCUT2D eigenvalue weighted by atomic mass is 16.5. The first-order chi connectivity index (χ1) is 18.5. The van der Waals surface area contributed by atoms with Gasteiger partial charge in [-0.25, -0.2) is 4.68 Å². The van der Waals surface area contributed by atoms with Gasteiger partial charge in [0.1, 0.15) is 5.69 Å². The number of aromatic nitrogens is 2. The molecular formula is C32H44N2O5. The Labute approximate surface area is 233 Å². The van der Waals surface area contributed by atoms with E-state index < -0.39 is 0 Å². The van der Waals surface area contributed by atoms with Crippen molar-refractivity contribution in [1.82, 2.24) is 9.78 Å². The number of allylic oxidation sites excluding steroid dienone is 3. The molecule has 0 atom stereocenters. The summed E-state index contributed by atoms with van der Waals surface area (Å²) in [6, 6.07) is 7.55. The molecule has 0 radical (unpaired) electrons. The Bertz CT molecular complexity index is 1220. The number of benzene rings is 1. The van der Waals surface area contributed by atoms with Gasteiger partial charge in [-0.15, -0.1) is 0 Å². The SMILES string of the molecule is CCC(=O)c1cc(C)n(/C(=C\C=C(C)C)c2ccc(OC)c(OC)c2)n1.COC(=O)C12CCC(C)(CC1)CC2. The molecule has 1 heterocycles. The van der Waals surface area contributed by atoms with Crippen LogP contribution in [0.4, 0.5) is 0 Å². The highest BCUT2D eigenvalue weighted by Crippen LogP contribution is 2.56. The molecule has 1 aromatic carbocycles. The predicted molar refractivity (Wildman–Crippen MR) is 154 cm³/mol. The fourth-order valence-electron chi connectivity index (χ4n) is 5.46. The number of esters is 1. The molecule has 3 aliphatic rings. The molecule has 7 nitrogen and oxygen atoms in total. The van der Waals surface area contributed by atoms with Crippen molar-refractivity contribution in [3.8, 4) is 11.5 Å². The number of methoxy groups -OCH3 is 3. The summed E-state index contributed by atoms with van der Waals surface area (Å²) >= 11 is 0. The van der Waals surface area contributed by atoms with Crippen LogP contribution in [-0.2, 0) is 9.53 Å². The quantitative estimate of drug-likeness (QED) is 0.202. The minimum absolute atomic E-state index is 0.0284. The van der Waals surface area contributed by atoms with Crippen LogP contribution in [0.5, 0.6) is 11.5 Å². The van der Waals surface area contributed by atoms with Crippen LogP contribution in [-0.4, -0.2) is 42.9 Å². The zero-order valence-electron chi connectivity index (χ0n) is 24.8. The first kappa shape index (κ1) is 30.2. The van der Waals surface area contributed by atoms with Crippen LogP contribution in [0.1, 0.15) is 94.4 Å². The summed E-state index contributed by atoms with van der Waals surface area (Å²) in [6.45, 7) is 10.2. The largest absolute Gasteiger partial charge is 0.493 e. The molecule has 3 aliphatic carbocycles. The van der Waals surface area contributed by atoms with E-state index in [0.717, 1.165) is 41.8 Å². The lowest BCUT2D eigenvalue weighted by Gasteiger charge is -2.50. The Morgan fingerprint density at radius 2 is 1.56 bits per heavy atom. The predicted octanol–water partition coefficient (Wildman–Crippen LogP) is 7.18. The van der Waals surface area contributed by atoms with Gasteiger partial charge in [0, 0.05) is 17.7 Å². The van der Waals surface area contributed by atoms with E-state index in [-0.39, 0.29) is 17.2 Å². The Balaban J connectivity index is 0.000000268. The average molecular weight is 537 g/mol. The molecule has 0 spiro atoms.